The highest BCUT2D eigenvalue weighted by Gasteiger charge is 2.23. The first-order valence-electron chi connectivity index (χ1n) is 11.5. The minimum Gasteiger partial charge on any atom is -0.508 e. The Morgan fingerprint density at radius 1 is 1.00 bits per heavy atom. The number of carbonyl (C=O) groups is 1. The fraction of sp³-hybridized carbons (Fsp3) is 0.250. The molecule has 4 rings (SSSR count). The van der Waals surface area contributed by atoms with E-state index >= 15 is 0 Å². The molecule has 4 aromatic rings. The summed E-state index contributed by atoms with van der Waals surface area (Å²) in [6, 6.07) is 19.0. The minimum absolute atomic E-state index is 0.101. The first-order valence-corrected chi connectivity index (χ1v) is 11.9. The van der Waals surface area contributed by atoms with Crippen molar-refractivity contribution in [2.24, 2.45) is 0 Å². The molecule has 1 N–H and O–H groups in total. The topological polar surface area (TPSA) is 62.9 Å². The number of hydrogen-bond donors (Lipinski definition) is 1. The van der Waals surface area contributed by atoms with Gasteiger partial charge in [-0.25, -0.2) is 0 Å². The largest absolute Gasteiger partial charge is 0.508 e. The number of carbonyl (C=O) groups excluding carboxylic acids is 1. The second-order valence-corrected chi connectivity index (χ2v) is 8.51. The van der Waals surface area contributed by atoms with Crippen LogP contribution in [0.25, 0.3) is 22.3 Å². The van der Waals surface area contributed by atoms with Gasteiger partial charge in [0.1, 0.15) is 22.8 Å². The van der Waals surface area contributed by atoms with Crippen molar-refractivity contribution in [2.75, 3.05) is 26.2 Å². The Hall–Kier alpha value is -3.28. The third-order valence-corrected chi connectivity index (χ3v) is 6.14. The molecule has 34 heavy (non-hydrogen) atoms. The van der Waals surface area contributed by atoms with Gasteiger partial charge in [-0.3, -0.25) is 4.79 Å². The Kier molecular flexibility index (Phi) is 7.56. The lowest BCUT2D eigenvalue weighted by Gasteiger charge is -2.17. The summed E-state index contributed by atoms with van der Waals surface area (Å²) >= 11 is 6.23. The first kappa shape index (κ1) is 23.9. The van der Waals surface area contributed by atoms with Crippen LogP contribution in [0.1, 0.15) is 36.2 Å². The molecule has 0 radical (unpaired) electrons. The monoisotopic (exact) mass is 477 g/mol. The average Bonchev–Trinajstić information content (AvgIpc) is 3.23. The molecule has 0 fully saturated rings. The second-order valence-electron chi connectivity index (χ2n) is 8.08. The summed E-state index contributed by atoms with van der Waals surface area (Å²) in [5.41, 5.74) is 2.24. The maximum absolute atomic E-state index is 13.5. The van der Waals surface area contributed by atoms with Gasteiger partial charge in [0.05, 0.1) is 12.2 Å². The van der Waals surface area contributed by atoms with Gasteiger partial charge < -0.3 is 19.2 Å². The Balaban J connectivity index is 1.60. The van der Waals surface area contributed by atoms with Gasteiger partial charge in [-0.15, -0.1) is 0 Å². The highest BCUT2D eigenvalue weighted by atomic mass is 35.5. The normalized spacial score (nSPS) is 11.3. The molecule has 0 unspecified atom stereocenters. The number of furan rings is 1. The van der Waals surface area contributed by atoms with Crippen LogP contribution >= 0.6 is 11.6 Å². The number of fused-ring (bicyclic) bond motifs is 1. The van der Waals surface area contributed by atoms with Crippen molar-refractivity contribution in [1.82, 2.24) is 4.90 Å². The van der Waals surface area contributed by atoms with E-state index in [1.807, 2.05) is 24.3 Å². The predicted octanol–water partition coefficient (Wildman–Crippen LogP) is 6.80. The van der Waals surface area contributed by atoms with Gasteiger partial charge in [-0.1, -0.05) is 25.4 Å². The number of phenols is 1. The average molecular weight is 478 g/mol. The van der Waals surface area contributed by atoms with Gasteiger partial charge in [0, 0.05) is 28.1 Å². The van der Waals surface area contributed by atoms with Crippen LogP contribution in [-0.2, 0) is 0 Å². The van der Waals surface area contributed by atoms with E-state index in [2.05, 4.69) is 18.7 Å². The quantitative estimate of drug-likeness (QED) is 0.201. The molecule has 0 spiro atoms. The zero-order valence-electron chi connectivity index (χ0n) is 19.4. The van der Waals surface area contributed by atoms with Crippen LogP contribution in [0.15, 0.2) is 71.1 Å². The number of aromatic hydroxyl groups is 1. The van der Waals surface area contributed by atoms with Crippen molar-refractivity contribution in [1.29, 1.82) is 0 Å². The SMILES string of the molecule is CCN(CC)CCCOc1ccc(-c2oc3ccc(Cl)cc3c2C(=O)c2ccc(O)cc2)cc1. The van der Waals surface area contributed by atoms with Crippen molar-refractivity contribution >= 4 is 28.4 Å². The molecule has 0 bridgehead atoms. The molecule has 0 saturated carbocycles. The van der Waals surface area contributed by atoms with Crippen molar-refractivity contribution in [2.45, 2.75) is 20.3 Å². The van der Waals surface area contributed by atoms with E-state index in [0.29, 0.717) is 39.5 Å². The van der Waals surface area contributed by atoms with Crippen LogP contribution in [0, 0.1) is 0 Å². The summed E-state index contributed by atoms with van der Waals surface area (Å²) in [7, 11) is 0. The predicted molar refractivity (Wildman–Crippen MR) is 136 cm³/mol. The second kappa shape index (κ2) is 10.8. The Morgan fingerprint density at radius 3 is 2.38 bits per heavy atom. The fourth-order valence-corrected chi connectivity index (χ4v) is 4.15. The van der Waals surface area contributed by atoms with Crippen molar-refractivity contribution < 1.29 is 19.1 Å². The smallest absolute Gasteiger partial charge is 0.197 e. The molecule has 0 aliphatic rings. The molecule has 0 aliphatic heterocycles. The molecule has 0 saturated heterocycles. The number of benzene rings is 3. The van der Waals surface area contributed by atoms with E-state index in [1.165, 1.54) is 12.1 Å². The van der Waals surface area contributed by atoms with E-state index in [-0.39, 0.29) is 11.5 Å². The summed E-state index contributed by atoms with van der Waals surface area (Å²) in [5, 5.41) is 10.8. The van der Waals surface area contributed by atoms with E-state index in [0.717, 1.165) is 37.4 Å². The molecule has 5 nitrogen and oxygen atoms in total. The fourth-order valence-electron chi connectivity index (χ4n) is 3.98. The van der Waals surface area contributed by atoms with Crippen LogP contribution in [-0.4, -0.2) is 42.0 Å². The van der Waals surface area contributed by atoms with Gasteiger partial charge >= 0.3 is 0 Å². The molecule has 1 heterocycles. The van der Waals surface area contributed by atoms with Gasteiger partial charge in [-0.2, -0.15) is 0 Å². The van der Waals surface area contributed by atoms with Crippen LogP contribution in [0.2, 0.25) is 5.02 Å². The zero-order chi connectivity index (χ0) is 24.1. The van der Waals surface area contributed by atoms with Gasteiger partial charge in [0.25, 0.3) is 0 Å². The van der Waals surface area contributed by atoms with E-state index in [9.17, 15) is 9.90 Å². The van der Waals surface area contributed by atoms with E-state index in [4.69, 9.17) is 20.8 Å². The maximum atomic E-state index is 13.5. The summed E-state index contributed by atoms with van der Waals surface area (Å²) in [4.78, 5) is 15.8. The highest BCUT2D eigenvalue weighted by Crippen LogP contribution is 2.37. The molecule has 6 heteroatoms. The summed E-state index contributed by atoms with van der Waals surface area (Å²) in [6.07, 6.45) is 0.957. The van der Waals surface area contributed by atoms with Crippen molar-refractivity contribution in [3.63, 3.8) is 0 Å². The molecule has 1 aromatic heterocycles. The van der Waals surface area contributed by atoms with Crippen LogP contribution in [0.4, 0.5) is 0 Å². The number of ether oxygens (including phenoxy) is 1. The number of hydrogen-bond acceptors (Lipinski definition) is 5. The Bertz CT molecular complexity index is 1260. The van der Waals surface area contributed by atoms with E-state index in [1.54, 1.807) is 30.3 Å². The van der Waals surface area contributed by atoms with Gasteiger partial charge in [0.15, 0.2) is 5.78 Å². The van der Waals surface area contributed by atoms with Gasteiger partial charge in [-0.05, 0) is 86.2 Å². The summed E-state index contributed by atoms with van der Waals surface area (Å²) in [6.45, 7) is 8.06. The zero-order valence-corrected chi connectivity index (χ0v) is 20.1. The lowest BCUT2D eigenvalue weighted by Crippen LogP contribution is -2.25. The highest BCUT2D eigenvalue weighted by molar-refractivity contribution is 6.32. The van der Waals surface area contributed by atoms with Crippen LogP contribution in [0.3, 0.4) is 0 Å². The molecule has 0 amide bonds. The summed E-state index contributed by atoms with van der Waals surface area (Å²) < 4.78 is 12.0. The molecule has 0 aliphatic carbocycles. The third kappa shape index (κ3) is 5.27. The molecular weight excluding hydrogens is 450 g/mol. The minimum atomic E-state index is -0.201. The van der Waals surface area contributed by atoms with Crippen molar-refractivity contribution in [3.8, 4) is 22.8 Å². The standard InChI is InChI=1S/C28H28ClNO4/c1-3-30(4-2)16-5-17-33-23-13-8-20(9-14-23)28-26(24-18-21(29)10-15-25(24)34-28)27(32)19-6-11-22(31)12-7-19/h6-15,18,31H,3-5,16-17H2,1-2H3. The number of halogens is 1. The number of nitrogens with zero attached hydrogens (tertiary/aromatic N) is 1. The number of phenolic OH excluding ortho intramolecular Hbond substituents is 1. The Labute approximate surface area is 204 Å². The lowest BCUT2D eigenvalue weighted by molar-refractivity contribution is 0.104. The van der Waals surface area contributed by atoms with Crippen molar-refractivity contribution in [3.05, 3.63) is 82.9 Å². The molecule has 176 valence electrons. The van der Waals surface area contributed by atoms with Crippen LogP contribution < -0.4 is 4.74 Å². The Morgan fingerprint density at radius 2 is 1.71 bits per heavy atom. The number of rotatable bonds is 10. The first-order chi connectivity index (χ1) is 16.5. The number of ketones is 1. The molecule has 3 aromatic carbocycles. The van der Waals surface area contributed by atoms with E-state index < -0.39 is 0 Å². The molecular formula is C28H28ClNO4. The molecule has 0 atom stereocenters. The van der Waals surface area contributed by atoms with Gasteiger partial charge in [0.2, 0.25) is 0 Å². The lowest BCUT2D eigenvalue weighted by atomic mass is 9.97. The third-order valence-electron chi connectivity index (χ3n) is 5.90. The summed E-state index contributed by atoms with van der Waals surface area (Å²) in [5.74, 6) is 1.15. The maximum Gasteiger partial charge on any atom is 0.197 e. The van der Waals surface area contributed by atoms with Crippen LogP contribution in [0.5, 0.6) is 11.5 Å².